The molecule has 0 saturated carbocycles. The smallest absolute Gasteiger partial charge is 0.188 e. The summed E-state index contributed by atoms with van der Waals surface area (Å²) in [5.41, 5.74) is 11.2. The highest BCUT2D eigenvalue weighted by Gasteiger charge is 2.20. The van der Waals surface area contributed by atoms with Crippen LogP contribution < -0.4 is 0 Å². The fraction of sp³-hybridized carbons (Fsp3) is 0. The quantitative estimate of drug-likeness (QED) is 0.183. The Morgan fingerprint density at radius 3 is 1.60 bits per heavy atom. The number of rotatable bonds is 4. The molecule has 0 saturated heterocycles. The van der Waals surface area contributed by atoms with Gasteiger partial charge in [0.25, 0.3) is 0 Å². The molecule has 0 fully saturated rings. The molecule has 9 rings (SSSR count). The lowest BCUT2D eigenvalue weighted by Gasteiger charge is -2.17. The van der Waals surface area contributed by atoms with Gasteiger partial charge in [-0.05, 0) is 71.1 Å². The molecular formula is C44H26N4. The number of nitriles is 1. The van der Waals surface area contributed by atoms with Crippen molar-refractivity contribution in [1.29, 1.82) is 5.26 Å². The third-order valence-corrected chi connectivity index (χ3v) is 9.36. The minimum atomic E-state index is 0.609. The van der Waals surface area contributed by atoms with Gasteiger partial charge in [0.1, 0.15) is 6.07 Å². The first-order chi connectivity index (χ1) is 23.7. The SMILES string of the molecule is [C-]#[N+]c1ccc2c(c1)c1ccccc1n2-c1cc(-c2ccccc2)c(C#N)c(-c2cccc(-n3c4ccccc4c4ccccc43)c2)c1. The number of nitrogens with zero attached hydrogens (tertiary/aromatic N) is 4. The molecule has 0 aliphatic rings. The molecule has 0 aliphatic heterocycles. The molecule has 7 aromatic carbocycles. The minimum Gasteiger partial charge on any atom is -0.309 e. The van der Waals surface area contributed by atoms with Crippen LogP contribution in [0.15, 0.2) is 158 Å². The first kappa shape index (κ1) is 27.4. The summed E-state index contributed by atoms with van der Waals surface area (Å²) in [5.74, 6) is 0. The van der Waals surface area contributed by atoms with Crippen molar-refractivity contribution in [3.05, 3.63) is 175 Å². The maximum Gasteiger partial charge on any atom is 0.188 e. The van der Waals surface area contributed by atoms with Crippen molar-refractivity contribution in [2.45, 2.75) is 0 Å². The second-order valence-electron chi connectivity index (χ2n) is 12.0. The lowest BCUT2D eigenvalue weighted by molar-refractivity contribution is 1.17. The van der Waals surface area contributed by atoms with Gasteiger partial charge in [0, 0.05) is 38.7 Å². The number of hydrogen-bond acceptors (Lipinski definition) is 1. The Labute approximate surface area is 277 Å². The summed E-state index contributed by atoms with van der Waals surface area (Å²) >= 11 is 0. The van der Waals surface area contributed by atoms with Crippen LogP contribution in [0.3, 0.4) is 0 Å². The maximum atomic E-state index is 10.8. The number of aromatic nitrogens is 2. The standard InChI is InChI=1S/C44H26N4/c1-46-31-22-23-44-39(25-31)36-18-7-10-21-43(36)48(44)33-26-37(29-12-3-2-4-13-29)40(28-45)38(27-33)30-14-11-15-32(24-30)47-41-19-8-5-16-34(41)35-17-6-9-20-42(35)47/h2-27H. The Kier molecular flexibility index (Phi) is 6.22. The molecule has 2 aromatic heterocycles. The van der Waals surface area contributed by atoms with Crippen molar-refractivity contribution in [2.24, 2.45) is 0 Å². The van der Waals surface area contributed by atoms with E-state index >= 15 is 0 Å². The van der Waals surface area contributed by atoms with Gasteiger partial charge in [0.2, 0.25) is 0 Å². The van der Waals surface area contributed by atoms with Gasteiger partial charge in [-0.1, -0.05) is 103 Å². The first-order valence-electron chi connectivity index (χ1n) is 15.9. The molecule has 0 radical (unpaired) electrons. The lowest BCUT2D eigenvalue weighted by atomic mass is 9.91. The van der Waals surface area contributed by atoms with Gasteiger partial charge in [-0.25, -0.2) is 4.85 Å². The molecule has 4 heteroatoms. The van der Waals surface area contributed by atoms with Crippen LogP contribution in [0.5, 0.6) is 0 Å². The predicted octanol–water partition coefficient (Wildman–Crippen LogP) is 11.6. The zero-order chi connectivity index (χ0) is 32.2. The maximum absolute atomic E-state index is 10.8. The topological polar surface area (TPSA) is 38.0 Å². The van der Waals surface area contributed by atoms with E-state index in [1.807, 2.05) is 48.5 Å². The summed E-state index contributed by atoms with van der Waals surface area (Å²) in [4.78, 5) is 3.71. The van der Waals surface area contributed by atoms with Gasteiger partial charge in [0.15, 0.2) is 5.69 Å². The van der Waals surface area contributed by atoms with Gasteiger partial charge >= 0.3 is 0 Å². The molecule has 0 bridgehead atoms. The minimum absolute atomic E-state index is 0.609. The third-order valence-electron chi connectivity index (χ3n) is 9.36. The van der Waals surface area contributed by atoms with Crippen molar-refractivity contribution in [3.63, 3.8) is 0 Å². The fourth-order valence-electron chi connectivity index (χ4n) is 7.27. The summed E-state index contributed by atoms with van der Waals surface area (Å²) in [5, 5.41) is 15.3. The van der Waals surface area contributed by atoms with E-state index in [0.29, 0.717) is 11.3 Å². The molecule has 0 N–H and O–H groups in total. The molecule has 0 spiro atoms. The summed E-state index contributed by atoms with van der Waals surface area (Å²) in [7, 11) is 0. The normalized spacial score (nSPS) is 11.3. The van der Waals surface area contributed by atoms with E-state index in [2.05, 4.69) is 129 Å². The van der Waals surface area contributed by atoms with Crippen molar-refractivity contribution < 1.29 is 0 Å². The average molecular weight is 611 g/mol. The molecule has 0 aliphatic carbocycles. The fourth-order valence-corrected chi connectivity index (χ4v) is 7.27. The van der Waals surface area contributed by atoms with Crippen LogP contribution in [-0.4, -0.2) is 9.13 Å². The second kappa shape index (κ2) is 10.9. The Hall–Kier alpha value is -6.88. The number of hydrogen-bond donors (Lipinski definition) is 0. The summed E-state index contributed by atoms with van der Waals surface area (Å²) in [6.45, 7) is 7.63. The van der Waals surface area contributed by atoms with Gasteiger partial charge < -0.3 is 9.13 Å². The van der Waals surface area contributed by atoms with Crippen LogP contribution >= 0.6 is 0 Å². The molecule has 2 heterocycles. The number of fused-ring (bicyclic) bond motifs is 6. The van der Waals surface area contributed by atoms with E-state index in [0.717, 1.165) is 66.5 Å². The van der Waals surface area contributed by atoms with E-state index in [1.165, 1.54) is 10.8 Å². The monoisotopic (exact) mass is 610 g/mol. The number of para-hydroxylation sites is 3. The Morgan fingerprint density at radius 1 is 0.458 bits per heavy atom. The van der Waals surface area contributed by atoms with E-state index < -0.39 is 0 Å². The zero-order valence-electron chi connectivity index (χ0n) is 25.8. The van der Waals surface area contributed by atoms with Crippen molar-refractivity contribution in [1.82, 2.24) is 9.13 Å². The van der Waals surface area contributed by atoms with Crippen molar-refractivity contribution in [2.75, 3.05) is 0 Å². The van der Waals surface area contributed by atoms with E-state index in [4.69, 9.17) is 6.57 Å². The van der Waals surface area contributed by atoms with Crippen LogP contribution in [0.4, 0.5) is 5.69 Å². The van der Waals surface area contributed by atoms with Crippen molar-refractivity contribution >= 4 is 49.3 Å². The number of benzene rings is 7. The van der Waals surface area contributed by atoms with Gasteiger partial charge in [-0.15, -0.1) is 0 Å². The average Bonchev–Trinajstić information content (AvgIpc) is 3.67. The Morgan fingerprint density at radius 2 is 0.979 bits per heavy atom. The van der Waals surface area contributed by atoms with E-state index in [1.54, 1.807) is 0 Å². The van der Waals surface area contributed by atoms with Gasteiger partial charge in [-0.2, -0.15) is 5.26 Å². The molecular weight excluding hydrogens is 585 g/mol. The molecule has 222 valence electrons. The molecule has 9 aromatic rings. The highest BCUT2D eigenvalue weighted by Crippen LogP contribution is 2.40. The molecule has 0 unspecified atom stereocenters. The summed E-state index contributed by atoms with van der Waals surface area (Å²) in [6.07, 6.45) is 0. The highest BCUT2D eigenvalue weighted by molar-refractivity contribution is 6.11. The Balaban J connectivity index is 1.35. The van der Waals surface area contributed by atoms with Crippen LogP contribution in [0, 0.1) is 17.9 Å². The second-order valence-corrected chi connectivity index (χ2v) is 12.0. The lowest BCUT2D eigenvalue weighted by Crippen LogP contribution is -2.00. The predicted molar refractivity (Wildman–Crippen MR) is 197 cm³/mol. The van der Waals surface area contributed by atoms with E-state index in [-0.39, 0.29) is 0 Å². The van der Waals surface area contributed by atoms with Crippen molar-refractivity contribution in [3.8, 4) is 39.7 Å². The van der Waals surface area contributed by atoms with Crippen LogP contribution in [0.2, 0.25) is 0 Å². The molecule has 48 heavy (non-hydrogen) atoms. The highest BCUT2D eigenvalue weighted by atomic mass is 15.0. The van der Waals surface area contributed by atoms with Crippen LogP contribution in [0.25, 0.3) is 82.1 Å². The zero-order valence-corrected chi connectivity index (χ0v) is 25.8. The molecule has 0 amide bonds. The molecule has 4 nitrogen and oxygen atoms in total. The third kappa shape index (κ3) is 4.14. The summed E-state index contributed by atoms with van der Waals surface area (Å²) in [6, 6.07) is 56.7. The van der Waals surface area contributed by atoms with Gasteiger partial charge in [-0.3, -0.25) is 0 Å². The molecule has 0 atom stereocenters. The van der Waals surface area contributed by atoms with Crippen LogP contribution in [0.1, 0.15) is 5.56 Å². The summed E-state index contributed by atoms with van der Waals surface area (Å²) < 4.78 is 4.57. The van der Waals surface area contributed by atoms with Crippen LogP contribution in [-0.2, 0) is 0 Å². The van der Waals surface area contributed by atoms with Gasteiger partial charge in [0.05, 0.1) is 34.2 Å². The first-order valence-corrected chi connectivity index (χ1v) is 15.9. The Bertz CT molecular complexity index is 2750. The van der Waals surface area contributed by atoms with E-state index in [9.17, 15) is 5.26 Å². The largest absolute Gasteiger partial charge is 0.309 e.